The van der Waals surface area contributed by atoms with E-state index in [9.17, 15) is 0 Å². The summed E-state index contributed by atoms with van der Waals surface area (Å²) in [7, 11) is 1.96. The van der Waals surface area contributed by atoms with Crippen LogP contribution in [0.3, 0.4) is 0 Å². The lowest BCUT2D eigenvalue weighted by molar-refractivity contribution is 0.553. The molecule has 108 valence electrons. The first-order valence-corrected chi connectivity index (χ1v) is 7.47. The van der Waals surface area contributed by atoms with Gasteiger partial charge in [0.25, 0.3) is 0 Å². The Morgan fingerprint density at radius 2 is 2.00 bits per heavy atom. The number of hydrogen-bond acceptors (Lipinski definition) is 2. The zero-order valence-electron chi connectivity index (χ0n) is 12.0. The molecule has 2 aromatic rings. The number of rotatable bonds is 5. The average molecular weight is 312 g/mol. The summed E-state index contributed by atoms with van der Waals surface area (Å²) in [5.74, 6) is 0. The zero-order chi connectivity index (χ0) is 14.7. The van der Waals surface area contributed by atoms with E-state index in [4.69, 9.17) is 23.2 Å². The fourth-order valence-electron chi connectivity index (χ4n) is 2.27. The smallest absolute Gasteiger partial charge is 0.0748 e. The number of hydrogen-bond donors (Lipinski definition) is 1. The Balaban J connectivity index is 2.41. The van der Waals surface area contributed by atoms with Crippen molar-refractivity contribution in [1.29, 1.82) is 0 Å². The van der Waals surface area contributed by atoms with Gasteiger partial charge in [-0.15, -0.1) is 0 Å². The Morgan fingerprint density at radius 3 is 2.55 bits per heavy atom. The number of nitrogens with one attached hydrogen (secondary N) is 1. The van der Waals surface area contributed by atoms with Crippen LogP contribution in [0.2, 0.25) is 10.0 Å². The largest absolute Gasteiger partial charge is 0.305 e. The van der Waals surface area contributed by atoms with Gasteiger partial charge in [0, 0.05) is 7.05 Å². The maximum atomic E-state index is 6.14. The number of halogens is 2. The minimum atomic E-state index is 0.0657. The van der Waals surface area contributed by atoms with E-state index in [0.29, 0.717) is 10.0 Å². The second-order valence-corrected chi connectivity index (χ2v) is 5.71. The van der Waals surface area contributed by atoms with Gasteiger partial charge >= 0.3 is 0 Å². The molecule has 20 heavy (non-hydrogen) atoms. The predicted octanol–water partition coefficient (Wildman–Crippen LogP) is 4.12. The lowest BCUT2D eigenvalue weighted by atomic mass is 10.0. The first-order valence-electron chi connectivity index (χ1n) is 6.71. The van der Waals surface area contributed by atoms with E-state index < -0.39 is 0 Å². The molecular formula is C15H19Cl2N3. The summed E-state index contributed by atoms with van der Waals surface area (Å²) in [5.41, 5.74) is 3.22. The van der Waals surface area contributed by atoms with Crippen molar-refractivity contribution < 1.29 is 0 Å². The Kier molecular flexibility index (Phi) is 5.08. The van der Waals surface area contributed by atoms with Gasteiger partial charge in [-0.1, -0.05) is 36.2 Å². The molecule has 0 radical (unpaired) electrons. The van der Waals surface area contributed by atoms with Gasteiger partial charge in [-0.25, -0.2) is 0 Å². The molecule has 1 heterocycles. The summed E-state index contributed by atoms with van der Waals surface area (Å²) in [5, 5.41) is 9.11. The molecule has 0 aliphatic rings. The summed E-state index contributed by atoms with van der Waals surface area (Å²) in [6.07, 6.45) is 1.06. The molecule has 0 saturated heterocycles. The summed E-state index contributed by atoms with van der Waals surface area (Å²) < 4.78 is 1.91. The third kappa shape index (κ3) is 3.35. The second-order valence-electron chi connectivity index (χ2n) is 4.89. The maximum Gasteiger partial charge on any atom is 0.0748 e. The number of nitrogens with zero attached hydrogens (tertiary/aromatic N) is 2. The molecule has 0 amide bonds. The summed E-state index contributed by atoms with van der Waals surface area (Å²) in [6, 6.07) is 7.92. The number of aryl methyl sites for hydroxylation is 2. The maximum absolute atomic E-state index is 6.14. The van der Waals surface area contributed by atoms with Crippen LogP contribution in [-0.2, 0) is 7.05 Å². The normalized spacial score (nSPS) is 12.7. The molecule has 0 spiro atoms. The Morgan fingerprint density at radius 1 is 1.25 bits per heavy atom. The molecule has 1 aromatic heterocycles. The van der Waals surface area contributed by atoms with Gasteiger partial charge in [-0.05, 0) is 43.7 Å². The molecular weight excluding hydrogens is 293 g/mol. The Labute approximate surface area is 129 Å². The highest BCUT2D eigenvalue weighted by atomic mass is 35.5. The third-order valence-corrected chi connectivity index (χ3v) is 3.95. The van der Waals surface area contributed by atoms with E-state index >= 15 is 0 Å². The zero-order valence-corrected chi connectivity index (χ0v) is 13.5. The second kappa shape index (κ2) is 6.61. The Bertz CT molecular complexity index is 593. The highest BCUT2D eigenvalue weighted by Gasteiger charge is 2.18. The van der Waals surface area contributed by atoms with Crippen molar-refractivity contribution in [2.75, 3.05) is 6.54 Å². The van der Waals surface area contributed by atoms with Gasteiger partial charge in [0.2, 0.25) is 0 Å². The molecule has 1 atom stereocenters. The van der Waals surface area contributed by atoms with Gasteiger partial charge in [0.1, 0.15) is 0 Å². The molecule has 2 rings (SSSR count). The first-order chi connectivity index (χ1) is 9.52. The molecule has 0 saturated carbocycles. The van der Waals surface area contributed by atoms with Crippen molar-refractivity contribution in [2.24, 2.45) is 7.05 Å². The van der Waals surface area contributed by atoms with Crippen molar-refractivity contribution in [3.63, 3.8) is 0 Å². The summed E-state index contributed by atoms with van der Waals surface area (Å²) in [6.45, 7) is 5.07. The highest BCUT2D eigenvalue weighted by molar-refractivity contribution is 6.42. The molecule has 1 N–H and O–H groups in total. The van der Waals surface area contributed by atoms with E-state index in [-0.39, 0.29) is 6.04 Å². The highest BCUT2D eigenvalue weighted by Crippen LogP contribution is 2.29. The molecule has 0 aliphatic carbocycles. The third-order valence-electron chi connectivity index (χ3n) is 3.21. The average Bonchev–Trinajstić information content (AvgIpc) is 2.73. The number of aromatic nitrogens is 2. The van der Waals surface area contributed by atoms with Gasteiger partial charge in [-0.2, -0.15) is 5.10 Å². The Hall–Kier alpha value is -1.03. The van der Waals surface area contributed by atoms with Crippen LogP contribution < -0.4 is 5.32 Å². The SMILES string of the molecule is CCCNC(c1ccc(Cl)c(Cl)c1)c1cc(C)nn1C. The van der Waals surface area contributed by atoms with E-state index in [0.717, 1.165) is 29.9 Å². The van der Waals surface area contributed by atoms with Crippen molar-refractivity contribution >= 4 is 23.2 Å². The van der Waals surface area contributed by atoms with Crippen LogP contribution in [0.4, 0.5) is 0 Å². The monoisotopic (exact) mass is 311 g/mol. The minimum absolute atomic E-state index is 0.0657. The van der Waals surface area contributed by atoms with Crippen LogP contribution in [-0.4, -0.2) is 16.3 Å². The number of benzene rings is 1. The van der Waals surface area contributed by atoms with Crippen LogP contribution in [0.25, 0.3) is 0 Å². The van der Waals surface area contributed by atoms with Crippen LogP contribution in [0.15, 0.2) is 24.3 Å². The molecule has 5 heteroatoms. The van der Waals surface area contributed by atoms with E-state index in [1.807, 2.05) is 36.9 Å². The predicted molar refractivity (Wildman–Crippen MR) is 84.5 cm³/mol. The van der Waals surface area contributed by atoms with E-state index in [1.54, 1.807) is 0 Å². The van der Waals surface area contributed by atoms with E-state index in [1.165, 1.54) is 0 Å². The van der Waals surface area contributed by atoms with Gasteiger partial charge in [-0.3, -0.25) is 4.68 Å². The topological polar surface area (TPSA) is 29.9 Å². The van der Waals surface area contributed by atoms with E-state index in [2.05, 4.69) is 23.4 Å². The van der Waals surface area contributed by atoms with Gasteiger partial charge in [0.05, 0.1) is 27.5 Å². The summed E-state index contributed by atoms with van der Waals surface area (Å²) in [4.78, 5) is 0. The van der Waals surface area contributed by atoms with Crippen molar-refractivity contribution in [3.05, 3.63) is 51.3 Å². The van der Waals surface area contributed by atoms with Crippen LogP contribution in [0.5, 0.6) is 0 Å². The fourth-order valence-corrected chi connectivity index (χ4v) is 2.58. The fraction of sp³-hybridized carbons (Fsp3) is 0.400. The molecule has 1 aromatic carbocycles. The van der Waals surface area contributed by atoms with Crippen molar-refractivity contribution in [3.8, 4) is 0 Å². The molecule has 0 bridgehead atoms. The van der Waals surface area contributed by atoms with Crippen LogP contribution in [0, 0.1) is 6.92 Å². The first kappa shape index (κ1) is 15.4. The molecule has 3 nitrogen and oxygen atoms in total. The lowest BCUT2D eigenvalue weighted by Crippen LogP contribution is -2.25. The van der Waals surface area contributed by atoms with Crippen molar-refractivity contribution in [2.45, 2.75) is 26.3 Å². The van der Waals surface area contributed by atoms with Gasteiger partial charge < -0.3 is 5.32 Å². The van der Waals surface area contributed by atoms with Crippen molar-refractivity contribution in [1.82, 2.24) is 15.1 Å². The minimum Gasteiger partial charge on any atom is -0.305 e. The molecule has 0 fully saturated rings. The lowest BCUT2D eigenvalue weighted by Gasteiger charge is -2.20. The van der Waals surface area contributed by atoms with Gasteiger partial charge in [0.15, 0.2) is 0 Å². The summed E-state index contributed by atoms with van der Waals surface area (Å²) >= 11 is 12.1. The van der Waals surface area contributed by atoms with Crippen LogP contribution in [0.1, 0.15) is 36.3 Å². The molecule has 1 unspecified atom stereocenters. The standard InChI is InChI=1S/C15H19Cl2N3/c1-4-7-18-15(14-8-10(2)19-20(14)3)11-5-6-12(16)13(17)9-11/h5-6,8-9,15,18H,4,7H2,1-3H3. The quantitative estimate of drug-likeness (QED) is 0.900. The van der Waals surface area contributed by atoms with Crippen LogP contribution >= 0.6 is 23.2 Å². The molecule has 0 aliphatic heterocycles.